The van der Waals surface area contributed by atoms with Crippen LogP contribution in [0.25, 0.3) is 0 Å². The number of nitrogens with one attached hydrogen (secondary N) is 2. The lowest BCUT2D eigenvalue weighted by Crippen LogP contribution is -2.19. The second kappa shape index (κ2) is 5.74. The predicted molar refractivity (Wildman–Crippen MR) is 71.4 cm³/mol. The molecule has 0 unspecified atom stereocenters. The van der Waals surface area contributed by atoms with Crippen LogP contribution in [-0.2, 0) is 0 Å². The maximum Gasteiger partial charge on any atom is 0.289 e. The minimum atomic E-state index is -0.486. The van der Waals surface area contributed by atoms with E-state index in [0.717, 1.165) is 0 Å². The third-order valence-electron chi connectivity index (χ3n) is 2.55. The van der Waals surface area contributed by atoms with E-state index in [0.29, 0.717) is 11.3 Å². The second-order valence-electron chi connectivity index (χ2n) is 3.92. The van der Waals surface area contributed by atoms with Crippen molar-refractivity contribution in [2.24, 2.45) is 5.10 Å². The van der Waals surface area contributed by atoms with Gasteiger partial charge in [0.05, 0.1) is 10.6 Å². The Kier molecular flexibility index (Phi) is 3.85. The number of aromatic nitrogens is 2. The number of nitro benzene ring substituents is 1. The van der Waals surface area contributed by atoms with Gasteiger partial charge in [0.1, 0.15) is 5.69 Å². The highest BCUT2D eigenvalue weighted by atomic mass is 16.6. The number of nitro groups is 1. The molecule has 0 atom stereocenters. The van der Waals surface area contributed by atoms with Crippen molar-refractivity contribution in [3.8, 4) is 0 Å². The van der Waals surface area contributed by atoms with Crippen molar-refractivity contribution in [1.29, 1.82) is 0 Å². The summed E-state index contributed by atoms with van der Waals surface area (Å²) < 4.78 is 0. The van der Waals surface area contributed by atoms with Crippen molar-refractivity contribution in [2.45, 2.75) is 6.92 Å². The van der Waals surface area contributed by atoms with E-state index in [4.69, 9.17) is 0 Å². The number of amides is 1. The summed E-state index contributed by atoms with van der Waals surface area (Å²) in [7, 11) is 0. The third kappa shape index (κ3) is 3.05. The van der Waals surface area contributed by atoms with Crippen LogP contribution in [0.2, 0.25) is 0 Å². The predicted octanol–water partition coefficient (Wildman–Crippen LogP) is 1.47. The maximum absolute atomic E-state index is 11.6. The minimum absolute atomic E-state index is 0.0306. The van der Waals surface area contributed by atoms with E-state index >= 15 is 0 Å². The smallest absolute Gasteiger partial charge is 0.273 e. The van der Waals surface area contributed by atoms with Crippen LogP contribution in [0.3, 0.4) is 0 Å². The van der Waals surface area contributed by atoms with E-state index in [2.05, 4.69) is 20.7 Å². The number of aromatic amines is 1. The lowest BCUT2D eigenvalue weighted by Gasteiger charge is -2.01. The molecule has 2 rings (SSSR count). The van der Waals surface area contributed by atoms with Crippen molar-refractivity contribution < 1.29 is 9.72 Å². The molecule has 0 bridgehead atoms. The molecule has 2 aromatic rings. The summed E-state index contributed by atoms with van der Waals surface area (Å²) >= 11 is 0. The fourth-order valence-corrected chi connectivity index (χ4v) is 1.49. The Morgan fingerprint density at radius 2 is 2.25 bits per heavy atom. The monoisotopic (exact) mass is 273 g/mol. The lowest BCUT2D eigenvalue weighted by atomic mass is 10.1. The minimum Gasteiger partial charge on any atom is -0.273 e. The molecule has 0 fully saturated rings. The average Bonchev–Trinajstić information content (AvgIpc) is 2.98. The first kappa shape index (κ1) is 13.4. The first-order chi connectivity index (χ1) is 9.58. The van der Waals surface area contributed by atoms with Crippen LogP contribution >= 0.6 is 0 Å². The van der Waals surface area contributed by atoms with Gasteiger partial charge in [-0.15, -0.1) is 0 Å². The van der Waals surface area contributed by atoms with E-state index < -0.39 is 10.8 Å². The van der Waals surface area contributed by atoms with Gasteiger partial charge in [0, 0.05) is 23.9 Å². The van der Waals surface area contributed by atoms with Crippen LogP contribution in [0.1, 0.15) is 23.0 Å². The first-order valence-electron chi connectivity index (χ1n) is 5.67. The zero-order chi connectivity index (χ0) is 14.5. The number of benzene rings is 1. The van der Waals surface area contributed by atoms with Crippen LogP contribution in [-0.4, -0.2) is 26.7 Å². The molecule has 2 N–H and O–H groups in total. The van der Waals surface area contributed by atoms with Crippen molar-refractivity contribution in [1.82, 2.24) is 15.6 Å². The summed E-state index contributed by atoms with van der Waals surface area (Å²) in [6.07, 6.45) is 1.45. The fraction of sp³-hybridized carbons (Fsp3) is 0.0833. The number of rotatable bonds is 4. The average molecular weight is 273 g/mol. The maximum atomic E-state index is 11.6. The van der Waals surface area contributed by atoms with Crippen molar-refractivity contribution in [2.75, 3.05) is 0 Å². The summed E-state index contributed by atoms with van der Waals surface area (Å²) in [5.74, 6) is -0.438. The van der Waals surface area contributed by atoms with Gasteiger partial charge in [0.15, 0.2) is 0 Å². The van der Waals surface area contributed by atoms with E-state index in [-0.39, 0.29) is 11.4 Å². The van der Waals surface area contributed by atoms with Crippen LogP contribution in [0.4, 0.5) is 5.69 Å². The number of H-pyrrole nitrogens is 1. The Labute approximate surface area is 113 Å². The van der Waals surface area contributed by atoms with Gasteiger partial charge in [-0.25, -0.2) is 5.43 Å². The van der Waals surface area contributed by atoms with Crippen molar-refractivity contribution >= 4 is 17.3 Å². The van der Waals surface area contributed by atoms with Gasteiger partial charge in [-0.05, 0) is 13.0 Å². The van der Waals surface area contributed by atoms with E-state index in [1.807, 2.05) is 0 Å². The van der Waals surface area contributed by atoms with Gasteiger partial charge in [-0.1, -0.05) is 12.1 Å². The summed E-state index contributed by atoms with van der Waals surface area (Å²) in [4.78, 5) is 21.8. The van der Waals surface area contributed by atoms with Crippen LogP contribution < -0.4 is 5.43 Å². The first-order valence-corrected chi connectivity index (χ1v) is 5.67. The van der Waals surface area contributed by atoms with Gasteiger partial charge in [0.25, 0.3) is 11.6 Å². The molecule has 0 aliphatic rings. The standard InChI is InChI=1S/C12H11N5O3/c1-8(9-3-2-4-10(7-9)17(19)20)14-16-12(18)11-5-6-13-15-11/h2-7H,1H3,(H,13,15)(H,16,18). The SMILES string of the molecule is CC(=NNC(=O)c1ccn[nH]1)c1cccc([N+](=O)[O-])c1. The van der Waals surface area contributed by atoms with Gasteiger partial charge in [-0.2, -0.15) is 10.2 Å². The number of hydrogen-bond donors (Lipinski definition) is 2. The molecule has 0 aliphatic carbocycles. The highest BCUT2D eigenvalue weighted by Gasteiger charge is 2.09. The highest BCUT2D eigenvalue weighted by Crippen LogP contribution is 2.13. The summed E-state index contributed by atoms with van der Waals surface area (Å²) in [5, 5.41) is 20.7. The molecule has 1 amide bonds. The molecule has 0 spiro atoms. The molecule has 8 nitrogen and oxygen atoms in total. The van der Waals surface area contributed by atoms with Crippen LogP contribution in [0.15, 0.2) is 41.6 Å². The summed E-state index contributed by atoms with van der Waals surface area (Å²) in [6, 6.07) is 7.52. The third-order valence-corrected chi connectivity index (χ3v) is 2.55. The molecule has 1 heterocycles. The molecule has 0 aliphatic heterocycles. The molecule has 20 heavy (non-hydrogen) atoms. The second-order valence-corrected chi connectivity index (χ2v) is 3.92. The van der Waals surface area contributed by atoms with Gasteiger partial charge >= 0.3 is 0 Å². The quantitative estimate of drug-likeness (QED) is 0.498. The Morgan fingerprint density at radius 3 is 2.90 bits per heavy atom. The number of hydrogen-bond acceptors (Lipinski definition) is 5. The Bertz CT molecular complexity index is 663. The Balaban J connectivity index is 2.12. The Hall–Kier alpha value is -3.03. The topological polar surface area (TPSA) is 113 Å². The zero-order valence-corrected chi connectivity index (χ0v) is 10.5. The van der Waals surface area contributed by atoms with Crippen LogP contribution in [0.5, 0.6) is 0 Å². The molecule has 8 heteroatoms. The molecule has 0 saturated carbocycles. The normalized spacial score (nSPS) is 11.2. The van der Waals surface area contributed by atoms with Gasteiger partial charge < -0.3 is 0 Å². The molecular weight excluding hydrogens is 262 g/mol. The number of carbonyl (C=O) groups excluding carboxylic acids is 1. The summed E-state index contributed by atoms with van der Waals surface area (Å²) in [6.45, 7) is 1.65. The van der Waals surface area contributed by atoms with E-state index in [1.54, 1.807) is 19.1 Å². The largest absolute Gasteiger partial charge is 0.289 e. The molecular formula is C12H11N5O3. The van der Waals surface area contributed by atoms with Gasteiger partial charge in [0.2, 0.25) is 0 Å². The highest BCUT2D eigenvalue weighted by molar-refractivity contribution is 6.00. The van der Waals surface area contributed by atoms with E-state index in [9.17, 15) is 14.9 Å². The van der Waals surface area contributed by atoms with Crippen LogP contribution in [0, 0.1) is 10.1 Å². The number of hydrazone groups is 1. The summed E-state index contributed by atoms with van der Waals surface area (Å²) in [5.41, 5.74) is 3.61. The lowest BCUT2D eigenvalue weighted by molar-refractivity contribution is -0.384. The Morgan fingerprint density at radius 1 is 1.45 bits per heavy atom. The number of nitrogens with zero attached hydrogens (tertiary/aromatic N) is 3. The van der Waals surface area contributed by atoms with Gasteiger partial charge in [-0.3, -0.25) is 20.0 Å². The number of carbonyl (C=O) groups is 1. The van der Waals surface area contributed by atoms with Crippen molar-refractivity contribution in [3.63, 3.8) is 0 Å². The van der Waals surface area contributed by atoms with Crippen molar-refractivity contribution in [3.05, 3.63) is 57.9 Å². The molecule has 0 saturated heterocycles. The molecule has 1 aromatic carbocycles. The fourth-order valence-electron chi connectivity index (χ4n) is 1.49. The molecule has 102 valence electrons. The molecule has 0 radical (unpaired) electrons. The van der Waals surface area contributed by atoms with E-state index in [1.165, 1.54) is 24.4 Å². The molecule has 1 aromatic heterocycles. The zero-order valence-electron chi connectivity index (χ0n) is 10.5. The number of non-ortho nitro benzene ring substituents is 1.